The lowest BCUT2D eigenvalue weighted by atomic mass is 10.1. The van der Waals surface area contributed by atoms with Crippen molar-refractivity contribution in [2.24, 2.45) is 0 Å². The molecule has 1 amide bonds. The molecule has 0 unspecified atom stereocenters. The van der Waals surface area contributed by atoms with Gasteiger partial charge in [0.15, 0.2) is 0 Å². The zero-order chi connectivity index (χ0) is 18.6. The highest BCUT2D eigenvalue weighted by Gasteiger charge is 2.26. The lowest BCUT2D eigenvalue weighted by Gasteiger charge is -2.34. The normalized spacial score (nSPS) is 15.1. The molecule has 1 aromatic carbocycles. The molecule has 7 heteroatoms. The molecule has 3 heterocycles. The number of thiophene rings is 1. The van der Waals surface area contributed by atoms with Gasteiger partial charge in [-0.1, -0.05) is 18.2 Å². The summed E-state index contributed by atoms with van der Waals surface area (Å²) < 4.78 is 6.86. The summed E-state index contributed by atoms with van der Waals surface area (Å²) in [5.74, 6) is -0.0607. The van der Waals surface area contributed by atoms with Crippen LogP contribution in [-0.4, -0.2) is 39.6 Å². The number of fused-ring (bicyclic) bond motifs is 1. The molecule has 2 aromatic heterocycles. The van der Waals surface area contributed by atoms with E-state index >= 15 is 0 Å². The third kappa shape index (κ3) is 3.94. The van der Waals surface area contributed by atoms with E-state index in [1.807, 2.05) is 34.5 Å². The Morgan fingerprint density at radius 1 is 1.22 bits per heavy atom. The first kappa shape index (κ1) is 17.9. The van der Waals surface area contributed by atoms with Crippen molar-refractivity contribution >= 4 is 28.1 Å². The second-order valence-corrected chi connectivity index (χ2v) is 7.67. The highest BCUT2D eigenvalue weighted by Crippen LogP contribution is 2.20. The van der Waals surface area contributed by atoms with Crippen molar-refractivity contribution in [3.8, 4) is 0 Å². The van der Waals surface area contributed by atoms with Crippen LogP contribution in [-0.2, 0) is 22.6 Å². The molecule has 0 atom stereocenters. The number of carbonyl (C=O) groups is 1. The number of hydrogen-bond donors (Lipinski definition) is 0. The summed E-state index contributed by atoms with van der Waals surface area (Å²) in [6.45, 7) is 1.89. The van der Waals surface area contributed by atoms with Crippen molar-refractivity contribution in [3.05, 3.63) is 63.3 Å². The quantitative estimate of drug-likeness (QED) is 0.679. The molecule has 1 aliphatic rings. The van der Waals surface area contributed by atoms with E-state index < -0.39 is 0 Å². The van der Waals surface area contributed by atoms with Gasteiger partial charge in [0, 0.05) is 24.1 Å². The molecule has 1 saturated heterocycles. The summed E-state index contributed by atoms with van der Waals surface area (Å²) in [6.07, 6.45) is 3.11. The van der Waals surface area contributed by atoms with E-state index in [1.54, 1.807) is 23.5 Å². The summed E-state index contributed by atoms with van der Waals surface area (Å²) in [6, 6.07) is 11.4. The van der Waals surface area contributed by atoms with Crippen LogP contribution in [0.15, 0.2) is 52.9 Å². The number of amides is 1. The topological polar surface area (TPSA) is 64.4 Å². The van der Waals surface area contributed by atoms with Crippen LogP contribution in [0.25, 0.3) is 10.9 Å². The van der Waals surface area contributed by atoms with Crippen LogP contribution in [0.4, 0.5) is 0 Å². The molecule has 0 spiro atoms. The van der Waals surface area contributed by atoms with Gasteiger partial charge in [0.1, 0.15) is 6.54 Å². The average molecular weight is 383 g/mol. The fourth-order valence-corrected chi connectivity index (χ4v) is 4.15. The number of nitrogens with zero attached hydrogens (tertiary/aromatic N) is 3. The Kier molecular flexibility index (Phi) is 5.31. The van der Waals surface area contributed by atoms with Gasteiger partial charge in [0.2, 0.25) is 5.91 Å². The van der Waals surface area contributed by atoms with E-state index in [1.165, 1.54) is 10.9 Å². The standard InChI is InChI=1S/C20H21N3O3S/c24-19(13-22-14-21-18-6-2-1-5-17(18)20(22)25)23(12-16-4-3-11-27-16)15-7-9-26-10-8-15/h1-6,11,14-15H,7-10,12-13H2. The third-order valence-electron chi connectivity index (χ3n) is 4.90. The van der Waals surface area contributed by atoms with E-state index in [4.69, 9.17) is 4.74 Å². The lowest BCUT2D eigenvalue weighted by molar-refractivity contribution is -0.136. The predicted octanol–water partition coefficient (Wildman–Crippen LogP) is 2.67. The SMILES string of the molecule is O=C(Cn1cnc2ccccc2c1=O)N(Cc1cccs1)C1CCOCC1. The summed E-state index contributed by atoms with van der Waals surface area (Å²) in [5.41, 5.74) is 0.461. The van der Waals surface area contributed by atoms with E-state index in [2.05, 4.69) is 4.98 Å². The molecule has 140 valence electrons. The average Bonchev–Trinajstić information content (AvgIpc) is 3.22. The molecule has 6 nitrogen and oxygen atoms in total. The summed E-state index contributed by atoms with van der Waals surface area (Å²) in [4.78, 5) is 33.2. The largest absolute Gasteiger partial charge is 0.381 e. The van der Waals surface area contributed by atoms with Gasteiger partial charge < -0.3 is 9.64 Å². The Labute approximate surface area is 161 Å². The summed E-state index contributed by atoms with van der Waals surface area (Å²) in [5, 5.41) is 2.54. The molecule has 0 aliphatic carbocycles. The van der Waals surface area contributed by atoms with Gasteiger partial charge >= 0.3 is 0 Å². The zero-order valence-electron chi connectivity index (χ0n) is 14.9. The van der Waals surface area contributed by atoms with E-state index in [9.17, 15) is 9.59 Å². The maximum absolute atomic E-state index is 13.1. The highest BCUT2D eigenvalue weighted by atomic mass is 32.1. The Bertz CT molecular complexity index is 978. The van der Waals surface area contributed by atoms with Crippen molar-refractivity contribution in [2.45, 2.75) is 32.0 Å². The van der Waals surface area contributed by atoms with Crippen molar-refractivity contribution in [1.82, 2.24) is 14.5 Å². The fraction of sp³-hybridized carbons (Fsp3) is 0.350. The Morgan fingerprint density at radius 2 is 2.04 bits per heavy atom. The maximum Gasteiger partial charge on any atom is 0.261 e. The number of benzene rings is 1. The summed E-state index contributed by atoms with van der Waals surface area (Å²) in [7, 11) is 0. The molecule has 0 radical (unpaired) electrons. The number of rotatable bonds is 5. The van der Waals surface area contributed by atoms with Gasteiger partial charge in [-0.05, 0) is 36.4 Å². The minimum atomic E-state index is -0.183. The lowest BCUT2D eigenvalue weighted by Crippen LogP contribution is -2.45. The smallest absolute Gasteiger partial charge is 0.261 e. The second kappa shape index (κ2) is 8.02. The van der Waals surface area contributed by atoms with Gasteiger partial charge in [-0.25, -0.2) is 4.98 Å². The first-order chi connectivity index (χ1) is 13.2. The number of hydrogen-bond acceptors (Lipinski definition) is 5. The van der Waals surface area contributed by atoms with Gasteiger partial charge in [0.25, 0.3) is 5.56 Å². The Balaban J connectivity index is 1.59. The maximum atomic E-state index is 13.1. The molecule has 0 saturated carbocycles. The molecular formula is C20H21N3O3S. The van der Waals surface area contributed by atoms with Gasteiger partial charge in [0.05, 0.1) is 23.8 Å². The van der Waals surface area contributed by atoms with E-state index in [0.717, 1.165) is 17.7 Å². The molecule has 0 bridgehead atoms. The minimum Gasteiger partial charge on any atom is -0.381 e. The van der Waals surface area contributed by atoms with Gasteiger partial charge in [-0.2, -0.15) is 0 Å². The fourth-order valence-electron chi connectivity index (χ4n) is 3.44. The molecule has 4 rings (SSSR count). The monoisotopic (exact) mass is 383 g/mol. The molecule has 1 fully saturated rings. The van der Waals surface area contributed by atoms with Crippen LogP contribution in [0.2, 0.25) is 0 Å². The molecule has 27 heavy (non-hydrogen) atoms. The Morgan fingerprint density at radius 3 is 2.81 bits per heavy atom. The highest BCUT2D eigenvalue weighted by molar-refractivity contribution is 7.09. The zero-order valence-corrected chi connectivity index (χ0v) is 15.7. The van der Waals surface area contributed by atoms with E-state index in [0.29, 0.717) is 30.7 Å². The number of ether oxygens (including phenoxy) is 1. The van der Waals surface area contributed by atoms with Crippen LogP contribution < -0.4 is 5.56 Å². The van der Waals surface area contributed by atoms with Gasteiger partial charge in [-0.15, -0.1) is 11.3 Å². The van der Waals surface area contributed by atoms with Crippen LogP contribution in [0.5, 0.6) is 0 Å². The molecule has 3 aromatic rings. The van der Waals surface area contributed by atoms with Crippen molar-refractivity contribution < 1.29 is 9.53 Å². The molecule has 0 N–H and O–H groups in total. The van der Waals surface area contributed by atoms with Crippen molar-refractivity contribution in [2.75, 3.05) is 13.2 Å². The molecule has 1 aliphatic heterocycles. The summed E-state index contributed by atoms with van der Waals surface area (Å²) >= 11 is 1.64. The van der Waals surface area contributed by atoms with Crippen LogP contribution >= 0.6 is 11.3 Å². The number of aromatic nitrogens is 2. The van der Waals surface area contributed by atoms with Crippen molar-refractivity contribution in [3.63, 3.8) is 0 Å². The first-order valence-corrected chi connectivity index (χ1v) is 9.94. The number of para-hydroxylation sites is 1. The van der Waals surface area contributed by atoms with Crippen LogP contribution in [0.3, 0.4) is 0 Å². The van der Waals surface area contributed by atoms with Gasteiger partial charge in [-0.3, -0.25) is 14.2 Å². The third-order valence-corrected chi connectivity index (χ3v) is 5.76. The van der Waals surface area contributed by atoms with Crippen LogP contribution in [0.1, 0.15) is 17.7 Å². The van der Waals surface area contributed by atoms with Crippen molar-refractivity contribution in [1.29, 1.82) is 0 Å². The van der Waals surface area contributed by atoms with E-state index in [-0.39, 0.29) is 24.1 Å². The first-order valence-electron chi connectivity index (χ1n) is 9.06. The Hall–Kier alpha value is -2.51. The van der Waals surface area contributed by atoms with Crippen LogP contribution in [0, 0.1) is 0 Å². The minimum absolute atomic E-state index is 0.000595. The predicted molar refractivity (Wildman–Crippen MR) is 105 cm³/mol. The second-order valence-electron chi connectivity index (χ2n) is 6.64. The molecular weight excluding hydrogens is 362 g/mol. The number of carbonyl (C=O) groups excluding carboxylic acids is 1.